The molecule has 0 spiro atoms. The van der Waals surface area contributed by atoms with Gasteiger partial charge in [0.1, 0.15) is 16.6 Å². The molecule has 2 aromatic heterocycles. The largest absolute Gasteiger partial charge is 0.390 e. The second-order valence-corrected chi connectivity index (χ2v) is 15.6. The molecule has 1 aliphatic rings. The molecule has 0 aliphatic carbocycles. The van der Waals surface area contributed by atoms with Gasteiger partial charge in [0.05, 0.1) is 29.4 Å². The first-order chi connectivity index (χ1) is 21.7. The molecule has 14 heteroatoms. The van der Waals surface area contributed by atoms with Crippen molar-refractivity contribution < 1.29 is 27.6 Å². The van der Waals surface area contributed by atoms with Gasteiger partial charge in [-0.1, -0.05) is 63.2 Å². The van der Waals surface area contributed by atoms with Crippen LogP contribution in [-0.4, -0.2) is 94.1 Å². The van der Waals surface area contributed by atoms with E-state index in [1.54, 1.807) is 23.6 Å². The number of nitrogens with one attached hydrogen (secondary N) is 1. The van der Waals surface area contributed by atoms with E-state index in [2.05, 4.69) is 15.5 Å². The lowest BCUT2D eigenvalue weighted by Crippen LogP contribution is -2.57. The molecule has 2 N–H and O–H groups in total. The van der Waals surface area contributed by atoms with Crippen LogP contribution in [-0.2, 0) is 27.8 Å². The van der Waals surface area contributed by atoms with Gasteiger partial charge in [0.25, 0.3) is 0 Å². The van der Waals surface area contributed by atoms with Crippen molar-refractivity contribution in [2.75, 3.05) is 26.2 Å². The molecule has 1 aromatic carbocycles. The Balaban J connectivity index is 1.58. The van der Waals surface area contributed by atoms with E-state index in [0.29, 0.717) is 19.6 Å². The van der Waals surface area contributed by atoms with Gasteiger partial charge in [-0.15, -0.1) is 11.3 Å². The molecule has 0 bridgehead atoms. The van der Waals surface area contributed by atoms with Crippen LogP contribution >= 0.6 is 11.3 Å². The highest BCUT2D eigenvalue weighted by atomic mass is 32.2. The van der Waals surface area contributed by atoms with Crippen LogP contribution in [0.5, 0.6) is 0 Å². The second-order valence-electron chi connectivity index (χ2n) is 12.7. The van der Waals surface area contributed by atoms with Gasteiger partial charge in [0.2, 0.25) is 15.9 Å². The number of sulfonamides is 1. The minimum absolute atomic E-state index is 0.0196. The van der Waals surface area contributed by atoms with E-state index < -0.39 is 34.1 Å². The maximum absolute atomic E-state index is 14.0. The summed E-state index contributed by atoms with van der Waals surface area (Å²) in [5, 5.41) is 21.4. The number of hydrogen-bond donors (Lipinski definition) is 2. The molecule has 0 unspecified atom stereocenters. The molecule has 4 rings (SSSR count). The fraction of sp³-hybridized carbons (Fsp3) is 0.562. The van der Waals surface area contributed by atoms with E-state index in [0.717, 1.165) is 16.3 Å². The van der Waals surface area contributed by atoms with E-state index in [1.165, 1.54) is 15.6 Å². The number of benzene rings is 1. The zero-order valence-electron chi connectivity index (χ0n) is 27.6. The van der Waals surface area contributed by atoms with Crippen LogP contribution < -0.4 is 5.32 Å². The Labute approximate surface area is 275 Å². The third kappa shape index (κ3) is 8.33. The summed E-state index contributed by atoms with van der Waals surface area (Å²) in [5.41, 5.74) is 1.91. The first kappa shape index (κ1) is 35.5. The van der Waals surface area contributed by atoms with Crippen molar-refractivity contribution in [3.63, 3.8) is 0 Å². The van der Waals surface area contributed by atoms with Crippen molar-refractivity contribution in [1.29, 1.82) is 0 Å². The Morgan fingerprint density at radius 1 is 1.11 bits per heavy atom. The number of amides is 3. The maximum Gasteiger partial charge on any atom is 0.321 e. The molecule has 0 saturated carbocycles. The number of urea groups is 1. The van der Waals surface area contributed by atoms with Crippen LogP contribution in [0.1, 0.15) is 55.4 Å². The fourth-order valence-electron chi connectivity index (χ4n) is 5.89. The SMILES string of the molecule is Cc1nc(CN2CCN([C@H](C(=O)N[C@@H](Cc3ccccc3)[C@@H](O)CN(CC(C)C)S(=O)(=O)c3c(C)noc3C)C(C)C)C2=O)cs1. The fourth-order valence-corrected chi connectivity index (χ4v) is 8.41. The van der Waals surface area contributed by atoms with Gasteiger partial charge in [-0.25, -0.2) is 18.2 Å². The van der Waals surface area contributed by atoms with E-state index in [1.807, 2.05) is 70.3 Å². The van der Waals surface area contributed by atoms with Gasteiger partial charge in [-0.3, -0.25) is 4.79 Å². The summed E-state index contributed by atoms with van der Waals surface area (Å²) < 4.78 is 34.1. The first-order valence-electron chi connectivity index (χ1n) is 15.6. The number of aliphatic hydroxyl groups excluding tert-OH is 1. The number of rotatable bonds is 15. The minimum atomic E-state index is -4.08. The molecular weight excluding hydrogens is 629 g/mol. The van der Waals surface area contributed by atoms with Gasteiger partial charge in [-0.05, 0) is 44.6 Å². The monoisotopic (exact) mass is 674 g/mol. The molecule has 1 saturated heterocycles. The van der Waals surface area contributed by atoms with E-state index in [4.69, 9.17) is 4.52 Å². The van der Waals surface area contributed by atoms with Crippen molar-refractivity contribution in [3.05, 3.63) is 63.4 Å². The van der Waals surface area contributed by atoms with Gasteiger partial charge in [-0.2, -0.15) is 4.31 Å². The topological polar surface area (TPSA) is 149 Å². The molecule has 1 aliphatic heterocycles. The molecule has 3 aromatic rings. The van der Waals surface area contributed by atoms with Crippen LogP contribution in [0.3, 0.4) is 0 Å². The van der Waals surface area contributed by atoms with Crippen LogP contribution in [0.25, 0.3) is 0 Å². The predicted molar refractivity (Wildman–Crippen MR) is 176 cm³/mol. The van der Waals surface area contributed by atoms with Crippen molar-refractivity contribution in [1.82, 2.24) is 29.6 Å². The van der Waals surface area contributed by atoms with Crippen molar-refractivity contribution in [3.8, 4) is 0 Å². The van der Waals surface area contributed by atoms with Crippen LogP contribution in [0.15, 0.2) is 45.1 Å². The first-order valence-corrected chi connectivity index (χ1v) is 17.9. The minimum Gasteiger partial charge on any atom is -0.390 e. The Kier molecular flexibility index (Phi) is 11.6. The molecule has 46 heavy (non-hydrogen) atoms. The summed E-state index contributed by atoms with van der Waals surface area (Å²) in [4.78, 5) is 35.3. The standard InChI is InChI=1S/C32H46N6O6S2/c1-20(2)16-37(46(42,43)30-22(5)35-44-23(30)6)18-28(39)27(15-25-11-9-8-10-12-25)34-31(40)29(21(3)4)38-14-13-36(32(38)41)17-26-19-45-24(7)33-26/h8-12,19-21,27-29,39H,13-18H2,1-7H3,(H,34,40)/t27-,28-,29-/m0/s1. The summed E-state index contributed by atoms with van der Waals surface area (Å²) in [6, 6.07) is 7.50. The average Bonchev–Trinajstić information content (AvgIpc) is 3.66. The van der Waals surface area contributed by atoms with Crippen molar-refractivity contribution in [2.45, 2.75) is 84.5 Å². The molecular formula is C32H46N6O6S2. The predicted octanol–water partition coefficient (Wildman–Crippen LogP) is 3.75. The second kappa shape index (κ2) is 15.1. The van der Waals surface area contributed by atoms with Crippen LogP contribution in [0.2, 0.25) is 0 Å². The smallest absolute Gasteiger partial charge is 0.321 e. The Bertz CT molecular complexity index is 1570. The molecule has 3 amide bonds. The third-order valence-corrected chi connectivity index (χ3v) is 10.9. The zero-order valence-corrected chi connectivity index (χ0v) is 29.3. The van der Waals surface area contributed by atoms with Gasteiger partial charge in [0, 0.05) is 31.6 Å². The van der Waals surface area contributed by atoms with Gasteiger partial charge >= 0.3 is 6.03 Å². The number of aromatic nitrogens is 2. The lowest BCUT2D eigenvalue weighted by molar-refractivity contribution is -0.128. The molecule has 12 nitrogen and oxygen atoms in total. The zero-order chi connectivity index (χ0) is 33.8. The summed E-state index contributed by atoms with van der Waals surface area (Å²) >= 11 is 1.53. The molecule has 3 atom stereocenters. The number of aryl methyl sites for hydroxylation is 3. The number of hydrogen-bond acceptors (Lipinski definition) is 9. The third-order valence-electron chi connectivity index (χ3n) is 8.00. The molecule has 252 valence electrons. The Morgan fingerprint density at radius 3 is 2.37 bits per heavy atom. The van der Waals surface area contributed by atoms with E-state index in [9.17, 15) is 23.1 Å². The lowest BCUT2D eigenvalue weighted by Gasteiger charge is -2.34. The van der Waals surface area contributed by atoms with Crippen molar-refractivity contribution in [2.24, 2.45) is 11.8 Å². The number of carbonyl (C=O) groups excluding carboxylic acids is 2. The van der Waals surface area contributed by atoms with E-state index in [-0.39, 0.29) is 53.7 Å². The van der Waals surface area contributed by atoms with Crippen LogP contribution in [0.4, 0.5) is 4.79 Å². The lowest BCUT2D eigenvalue weighted by atomic mass is 9.97. The highest BCUT2D eigenvalue weighted by Crippen LogP contribution is 2.26. The van der Waals surface area contributed by atoms with Gasteiger partial charge < -0.3 is 24.7 Å². The summed E-state index contributed by atoms with van der Waals surface area (Å²) in [6.07, 6.45) is -1.02. The number of nitrogens with zero attached hydrogens (tertiary/aromatic N) is 5. The maximum atomic E-state index is 14.0. The average molecular weight is 675 g/mol. The van der Waals surface area contributed by atoms with E-state index >= 15 is 0 Å². The molecule has 3 heterocycles. The van der Waals surface area contributed by atoms with Crippen LogP contribution in [0, 0.1) is 32.6 Å². The highest BCUT2D eigenvalue weighted by Gasteiger charge is 2.41. The highest BCUT2D eigenvalue weighted by molar-refractivity contribution is 7.89. The number of thiazole rings is 1. The molecule has 0 radical (unpaired) electrons. The number of aliphatic hydroxyl groups is 1. The van der Waals surface area contributed by atoms with Crippen molar-refractivity contribution >= 4 is 33.3 Å². The normalized spacial score (nSPS) is 16.1. The number of carbonyl (C=O) groups is 2. The summed E-state index contributed by atoms with van der Waals surface area (Å²) in [5.74, 6) is -0.507. The molecule has 1 fully saturated rings. The Hall–Kier alpha value is -3.33. The summed E-state index contributed by atoms with van der Waals surface area (Å²) in [7, 11) is -4.08. The quantitative estimate of drug-likeness (QED) is 0.248. The summed E-state index contributed by atoms with van der Waals surface area (Å²) in [6.45, 7) is 13.7. The van der Waals surface area contributed by atoms with Gasteiger partial charge in [0.15, 0.2) is 5.76 Å². The Morgan fingerprint density at radius 2 is 1.80 bits per heavy atom.